The summed E-state index contributed by atoms with van der Waals surface area (Å²) < 4.78 is 40.1. The quantitative estimate of drug-likeness (QED) is 0.868. The first kappa shape index (κ1) is 17.6. The average Bonchev–Trinajstić information content (AvgIpc) is 2.94. The van der Waals surface area contributed by atoms with E-state index in [1.807, 2.05) is 11.5 Å². The minimum absolute atomic E-state index is 0.0393. The molecule has 2 amide bonds. The fraction of sp³-hybridized carbons (Fsp3) is 0.786. The van der Waals surface area contributed by atoms with E-state index in [0.29, 0.717) is 25.9 Å². The fourth-order valence-corrected chi connectivity index (χ4v) is 2.88. The van der Waals surface area contributed by atoms with Crippen molar-refractivity contribution in [1.29, 1.82) is 0 Å². The summed E-state index contributed by atoms with van der Waals surface area (Å²) >= 11 is 0. The molecule has 2 rings (SSSR count). The predicted octanol–water partition coefficient (Wildman–Crippen LogP) is 2.26. The van der Waals surface area contributed by atoms with E-state index >= 15 is 0 Å². The van der Waals surface area contributed by atoms with Crippen LogP contribution < -0.4 is 10.6 Å². The number of urea groups is 1. The molecule has 2 unspecified atom stereocenters. The molecule has 1 aromatic heterocycles. The van der Waals surface area contributed by atoms with Crippen LogP contribution in [-0.2, 0) is 13.0 Å². The summed E-state index contributed by atoms with van der Waals surface area (Å²) in [5, 5.41) is 13.0. The van der Waals surface area contributed by atoms with Crippen molar-refractivity contribution >= 4 is 6.03 Å². The monoisotopic (exact) mass is 333 g/mol. The number of aryl methyl sites for hydroxylation is 1. The molecule has 2 atom stereocenters. The zero-order chi connectivity index (χ0) is 16.9. The molecule has 0 spiro atoms. The van der Waals surface area contributed by atoms with Crippen LogP contribution in [0, 0.1) is 5.92 Å². The van der Waals surface area contributed by atoms with Crippen LogP contribution in [0.5, 0.6) is 0 Å². The van der Waals surface area contributed by atoms with Gasteiger partial charge in [-0.25, -0.2) is 4.79 Å². The van der Waals surface area contributed by atoms with Gasteiger partial charge in [0.05, 0.1) is 5.92 Å². The Morgan fingerprint density at radius 1 is 1.43 bits per heavy atom. The molecule has 1 aliphatic rings. The molecule has 23 heavy (non-hydrogen) atoms. The zero-order valence-electron chi connectivity index (χ0n) is 13.1. The van der Waals surface area contributed by atoms with Crippen LogP contribution >= 0.6 is 0 Å². The molecular formula is C14H22F3N5O. The predicted molar refractivity (Wildman–Crippen MR) is 77.7 cm³/mol. The van der Waals surface area contributed by atoms with Gasteiger partial charge in [-0.1, -0.05) is 13.3 Å². The van der Waals surface area contributed by atoms with Crippen LogP contribution in [0.4, 0.5) is 18.0 Å². The second-order valence-corrected chi connectivity index (χ2v) is 5.80. The lowest BCUT2D eigenvalue weighted by Gasteiger charge is -2.31. The van der Waals surface area contributed by atoms with Gasteiger partial charge in [-0.2, -0.15) is 13.2 Å². The van der Waals surface area contributed by atoms with Crippen molar-refractivity contribution in [2.24, 2.45) is 5.92 Å². The lowest BCUT2D eigenvalue weighted by atomic mass is 9.85. The molecule has 1 fully saturated rings. The Labute approximate surface area is 132 Å². The molecule has 130 valence electrons. The van der Waals surface area contributed by atoms with Gasteiger partial charge in [-0.15, -0.1) is 10.2 Å². The summed E-state index contributed by atoms with van der Waals surface area (Å²) in [5.74, 6) is -0.488. The Bertz CT molecular complexity index is 517. The van der Waals surface area contributed by atoms with Gasteiger partial charge in [0.1, 0.15) is 12.2 Å². The zero-order valence-corrected chi connectivity index (χ0v) is 13.1. The minimum Gasteiger partial charge on any atom is -0.336 e. The molecule has 0 radical (unpaired) electrons. The smallest absolute Gasteiger partial charge is 0.336 e. The van der Waals surface area contributed by atoms with Crippen LogP contribution in [0.15, 0.2) is 6.33 Å². The van der Waals surface area contributed by atoms with E-state index in [1.54, 1.807) is 6.33 Å². The van der Waals surface area contributed by atoms with E-state index in [4.69, 9.17) is 0 Å². The topological polar surface area (TPSA) is 71.8 Å². The molecule has 6 nitrogen and oxygen atoms in total. The van der Waals surface area contributed by atoms with E-state index in [-0.39, 0.29) is 12.8 Å². The normalized spacial score (nSPS) is 21.9. The average molecular weight is 333 g/mol. The summed E-state index contributed by atoms with van der Waals surface area (Å²) in [4.78, 5) is 11.8. The van der Waals surface area contributed by atoms with Gasteiger partial charge in [-0.3, -0.25) is 0 Å². The third kappa shape index (κ3) is 5.11. The van der Waals surface area contributed by atoms with Crippen LogP contribution in [0.1, 0.15) is 38.4 Å². The first-order valence-electron chi connectivity index (χ1n) is 7.88. The molecule has 0 aliphatic heterocycles. The maximum absolute atomic E-state index is 12.7. The third-order valence-electron chi connectivity index (χ3n) is 4.12. The highest BCUT2D eigenvalue weighted by Gasteiger charge is 2.42. The van der Waals surface area contributed by atoms with Crippen LogP contribution in [0.3, 0.4) is 0 Å². The SMILES string of the molecule is CCc1nncn1CCNC(=O)NC1CCCC(C(F)(F)F)C1. The Morgan fingerprint density at radius 2 is 2.22 bits per heavy atom. The van der Waals surface area contributed by atoms with Crippen molar-refractivity contribution in [2.75, 3.05) is 6.54 Å². The van der Waals surface area contributed by atoms with Gasteiger partial charge in [-0.05, 0) is 19.3 Å². The summed E-state index contributed by atoms with van der Waals surface area (Å²) in [5.41, 5.74) is 0. The molecule has 2 N–H and O–H groups in total. The Kier molecular flexibility index (Phi) is 5.84. The van der Waals surface area contributed by atoms with Crippen molar-refractivity contribution in [3.63, 3.8) is 0 Å². The number of nitrogens with zero attached hydrogens (tertiary/aromatic N) is 3. The Morgan fingerprint density at radius 3 is 2.91 bits per heavy atom. The van der Waals surface area contributed by atoms with Crippen molar-refractivity contribution in [2.45, 2.75) is 57.8 Å². The van der Waals surface area contributed by atoms with Crippen molar-refractivity contribution < 1.29 is 18.0 Å². The molecule has 1 aromatic rings. The van der Waals surface area contributed by atoms with Gasteiger partial charge in [0.2, 0.25) is 0 Å². The molecule has 1 aliphatic carbocycles. The second-order valence-electron chi connectivity index (χ2n) is 5.80. The highest BCUT2D eigenvalue weighted by molar-refractivity contribution is 5.74. The standard InChI is InChI=1S/C14H22F3N5O/c1-2-12-21-19-9-22(12)7-6-18-13(23)20-11-5-3-4-10(8-11)14(15,16)17/h9-11H,2-8H2,1H3,(H2,18,20,23). The summed E-state index contributed by atoms with van der Waals surface area (Å²) in [6.07, 6.45) is -0.664. The van der Waals surface area contributed by atoms with E-state index in [0.717, 1.165) is 12.2 Å². The number of nitrogens with one attached hydrogen (secondary N) is 2. The number of hydrogen-bond acceptors (Lipinski definition) is 3. The van der Waals surface area contributed by atoms with Gasteiger partial charge in [0.25, 0.3) is 0 Å². The lowest BCUT2D eigenvalue weighted by molar-refractivity contribution is -0.183. The number of carbonyl (C=O) groups is 1. The van der Waals surface area contributed by atoms with Crippen molar-refractivity contribution in [1.82, 2.24) is 25.4 Å². The number of rotatable bonds is 5. The fourth-order valence-electron chi connectivity index (χ4n) is 2.88. The maximum atomic E-state index is 12.7. The second kappa shape index (κ2) is 7.65. The van der Waals surface area contributed by atoms with Crippen LogP contribution in [-0.4, -0.2) is 39.6 Å². The first-order valence-corrected chi connectivity index (χ1v) is 7.88. The number of aromatic nitrogens is 3. The molecule has 1 heterocycles. The number of amides is 2. The van der Waals surface area contributed by atoms with Gasteiger partial charge >= 0.3 is 12.2 Å². The van der Waals surface area contributed by atoms with Gasteiger partial charge in [0.15, 0.2) is 0 Å². The van der Waals surface area contributed by atoms with E-state index < -0.39 is 24.2 Å². The number of alkyl halides is 3. The first-order chi connectivity index (χ1) is 10.9. The highest BCUT2D eigenvalue weighted by atomic mass is 19.4. The van der Waals surface area contributed by atoms with E-state index in [9.17, 15) is 18.0 Å². The van der Waals surface area contributed by atoms with Gasteiger partial charge in [0, 0.05) is 25.6 Å². The lowest BCUT2D eigenvalue weighted by Crippen LogP contribution is -2.46. The summed E-state index contributed by atoms with van der Waals surface area (Å²) in [7, 11) is 0. The summed E-state index contributed by atoms with van der Waals surface area (Å²) in [6.45, 7) is 2.85. The third-order valence-corrected chi connectivity index (χ3v) is 4.12. The number of hydrogen-bond donors (Lipinski definition) is 2. The van der Waals surface area contributed by atoms with Crippen molar-refractivity contribution in [3.8, 4) is 0 Å². The molecule has 0 aromatic carbocycles. The van der Waals surface area contributed by atoms with Gasteiger partial charge < -0.3 is 15.2 Å². The largest absolute Gasteiger partial charge is 0.391 e. The molecule has 9 heteroatoms. The molecule has 0 bridgehead atoms. The molecular weight excluding hydrogens is 311 g/mol. The molecule has 1 saturated carbocycles. The maximum Gasteiger partial charge on any atom is 0.391 e. The Balaban J connectivity index is 1.72. The Hall–Kier alpha value is -1.80. The van der Waals surface area contributed by atoms with Crippen molar-refractivity contribution in [3.05, 3.63) is 12.2 Å². The molecule has 0 saturated heterocycles. The van der Waals surface area contributed by atoms with Crippen LogP contribution in [0.25, 0.3) is 0 Å². The number of carbonyl (C=O) groups excluding carboxylic acids is 1. The van der Waals surface area contributed by atoms with Crippen LogP contribution in [0.2, 0.25) is 0 Å². The van der Waals surface area contributed by atoms with E-state index in [1.165, 1.54) is 0 Å². The minimum atomic E-state index is -4.18. The highest BCUT2D eigenvalue weighted by Crippen LogP contribution is 2.37. The number of halogens is 3. The van der Waals surface area contributed by atoms with E-state index in [2.05, 4.69) is 20.8 Å². The summed E-state index contributed by atoms with van der Waals surface area (Å²) in [6, 6.07) is -0.847.